The summed E-state index contributed by atoms with van der Waals surface area (Å²) in [4.78, 5) is 21.8. The van der Waals surface area contributed by atoms with Crippen LogP contribution >= 0.6 is 0 Å². The van der Waals surface area contributed by atoms with Crippen molar-refractivity contribution >= 4 is 11.4 Å². The number of rotatable bonds is 12. The van der Waals surface area contributed by atoms with Crippen LogP contribution in [0.25, 0.3) is 16.9 Å². The van der Waals surface area contributed by atoms with Gasteiger partial charge in [-0.3, -0.25) is 18.9 Å². The maximum atomic E-state index is 14.0. The third-order valence-corrected chi connectivity index (χ3v) is 6.71. The molecule has 0 fully saturated rings. The van der Waals surface area contributed by atoms with Crippen LogP contribution in [0.5, 0.6) is 0 Å². The molecular formula is C31H38F3N5O2. The summed E-state index contributed by atoms with van der Waals surface area (Å²) in [5, 5.41) is 3.89. The van der Waals surface area contributed by atoms with Gasteiger partial charge in [0, 0.05) is 56.8 Å². The number of benzene rings is 1. The first-order valence-corrected chi connectivity index (χ1v) is 14.1. The number of Topliss-reactive ketones (excluding diaryl/α,β-unsaturated/α-hetero) is 1. The van der Waals surface area contributed by atoms with Crippen LogP contribution in [0, 0.1) is 5.41 Å². The number of ketones is 1. The van der Waals surface area contributed by atoms with Crippen molar-refractivity contribution in [2.24, 2.45) is 5.41 Å². The quantitative estimate of drug-likeness (QED) is 0.133. The molecule has 3 heterocycles. The molecule has 0 saturated heterocycles. The molecule has 220 valence electrons. The second-order valence-corrected chi connectivity index (χ2v) is 11.5. The highest BCUT2D eigenvalue weighted by molar-refractivity contribution is 5.97. The van der Waals surface area contributed by atoms with Crippen LogP contribution in [-0.4, -0.2) is 43.1 Å². The molecule has 7 nitrogen and oxygen atoms in total. The molecule has 0 bridgehead atoms. The number of alkyl halides is 3. The van der Waals surface area contributed by atoms with E-state index in [9.17, 15) is 18.0 Å². The summed E-state index contributed by atoms with van der Waals surface area (Å²) in [6.45, 7) is 11.5. The number of aryl methyl sites for hydroxylation is 1. The van der Waals surface area contributed by atoms with Crippen LogP contribution in [0.15, 0.2) is 43.0 Å². The molecule has 0 amide bonds. The van der Waals surface area contributed by atoms with Crippen LogP contribution in [-0.2, 0) is 30.3 Å². The van der Waals surface area contributed by atoms with Gasteiger partial charge < -0.3 is 4.74 Å². The number of carbonyl (C=O) groups excluding carboxylic acids is 1. The Kier molecular flexibility index (Phi) is 9.31. The van der Waals surface area contributed by atoms with Crippen LogP contribution in [0.4, 0.5) is 13.2 Å². The summed E-state index contributed by atoms with van der Waals surface area (Å²) in [6, 6.07) is 5.78. The van der Waals surface area contributed by atoms with Gasteiger partial charge in [-0.05, 0) is 35.8 Å². The Labute approximate surface area is 238 Å². The molecule has 0 aliphatic heterocycles. The summed E-state index contributed by atoms with van der Waals surface area (Å²) in [5.74, 6) is 0.0964. The van der Waals surface area contributed by atoms with Crippen LogP contribution in [0.3, 0.4) is 0 Å². The zero-order valence-corrected chi connectivity index (χ0v) is 24.4. The third-order valence-electron chi connectivity index (χ3n) is 6.71. The maximum Gasteiger partial charge on any atom is 0.435 e. The maximum absolute atomic E-state index is 14.0. The van der Waals surface area contributed by atoms with Crippen LogP contribution < -0.4 is 0 Å². The molecule has 0 atom stereocenters. The van der Waals surface area contributed by atoms with Gasteiger partial charge in [0.25, 0.3) is 0 Å². The normalized spacial score (nSPS) is 12.4. The van der Waals surface area contributed by atoms with Crippen molar-refractivity contribution in [2.75, 3.05) is 13.2 Å². The van der Waals surface area contributed by atoms with Crippen LogP contribution in [0.2, 0.25) is 0 Å². The number of hydrogen-bond acceptors (Lipinski definition) is 5. The van der Waals surface area contributed by atoms with E-state index < -0.39 is 11.9 Å². The third kappa shape index (κ3) is 7.41. The van der Waals surface area contributed by atoms with Crippen molar-refractivity contribution in [3.8, 4) is 11.3 Å². The van der Waals surface area contributed by atoms with E-state index in [4.69, 9.17) is 4.74 Å². The lowest BCUT2D eigenvalue weighted by Crippen LogP contribution is -2.17. The molecule has 0 aliphatic carbocycles. The Balaban J connectivity index is 1.61. The molecule has 4 rings (SSSR count). The first-order valence-electron chi connectivity index (χ1n) is 14.1. The topological polar surface area (TPSA) is 74.3 Å². The Morgan fingerprint density at radius 1 is 1.07 bits per heavy atom. The van der Waals surface area contributed by atoms with E-state index in [-0.39, 0.29) is 16.8 Å². The molecule has 3 aromatic heterocycles. The number of aromatic nitrogens is 5. The monoisotopic (exact) mass is 569 g/mol. The van der Waals surface area contributed by atoms with E-state index in [0.29, 0.717) is 68.0 Å². The minimum Gasteiger partial charge on any atom is -0.381 e. The van der Waals surface area contributed by atoms with Gasteiger partial charge >= 0.3 is 6.18 Å². The van der Waals surface area contributed by atoms with Crippen molar-refractivity contribution in [2.45, 2.75) is 79.4 Å². The molecule has 1 aromatic carbocycles. The van der Waals surface area contributed by atoms with Crippen molar-refractivity contribution in [3.63, 3.8) is 0 Å². The fraction of sp³-hybridized carbons (Fsp3) is 0.484. The molecule has 0 N–H and O–H groups in total. The number of nitrogens with zero attached hydrogens (tertiary/aromatic N) is 5. The number of fused-ring (bicyclic) bond motifs is 1. The Morgan fingerprint density at radius 2 is 1.85 bits per heavy atom. The van der Waals surface area contributed by atoms with E-state index in [1.807, 2.05) is 45.9 Å². The largest absolute Gasteiger partial charge is 0.435 e. The SMILES string of the molecule is CCCOCCCC(=O)c1ccc(Cc2nccn3c(-c4cn(CC(C)(C)C)nc4C(F)(F)F)cnc23)cc1CC. The summed E-state index contributed by atoms with van der Waals surface area (Å²) in [7, 11) is 0. The first kappa shape index (κ1) is 30.4. The summed E-state index contributed by atoms with van der Waals surface area (Å²) >= 11 is 0. The number of imidazole rings is 1. The summed E-state index contributed by atoms with van der Waals surface area (Å²) in [5.41, 5.74) is 2.82. The molecule has 4 aromatic rings. The average Bonchev–Trinajstić information content (AvgIpc) is 3.52. The van der Waals surface area contributed by atoms with Crippen molar-refractivity contribution < 1.29 is 22.7 Å². The molecular weight excluding hydrogens is 531 g/mol. The van der Waals surface area contributed by atoms with Crippen molar-refractivity contribution in [1.82, 2.24) is 24.1 Å². The molecule has 0 aliphatic rings. The van der Waals surface area contributed by atoms with Crippen molar-refractivity contribution in [1.29, 1.82) is 0 Å². The van der Waals surface area contributed by atoms with E-state index in [0.717, 1.165) is 17.5 Å². The fourth-order valence-electron chi connectivity index (χ4n) is 4.91. The number of hydrogen-bond donors (Lipinski definition) is 0. The van der Waals surface area contributed by atoms with Gasteiger partial charge in [-0.2, -0.15) is 18.3 Å². The van der Waals surface area contributed by atoms with Gasteiger partial charge in [0.2, 0.25) is 0 Å². The minimum atomic E-state index is -4.61. The van der Waals surface area contributed by atoms with Gasteiger partial charge in [0.05, 0.1) is 23.1 Å². The number of carbonyl (C=O) groups is 1. The Morgan fingerprint density at radius 3 is 2.54 bits per heavy atom. The lowest BCUT2D eigenvalue weighted by atomic mass is 9.95. The van der Waals surface area contributed by atoms with E-state index in [2.05, 4.69) is 22.0 Å². The lowest BCUT2D eigenvalue weighted by molar-refractivity contribution is -0.141. The highest BCUT2D eigenvalue weighted by Gasteiger charge is 2.38. The second-order valence-electron chi connectivity index (χ2n) is 11.5. The first-order chi connectivity index (χ1) is 19.4. The van der Waals surface area contributed by atoms with E-state index in [1.54, 1.807) is 16.8 Å². The Bertz CT molecular complexity index is 1500. The standard InChI is InChI=1S/C31H38F3N5O2/c1-6-14-41-15-8-9-27(40)23-11-10-21(16-22(23)7-2)17-25-29-36-18-26(39(29)13-12-35-25)24-19-38(20-30(3,4)5)37-28(24)31(32,33)34/h10-13,16,18-19H,6-9,14-15,17,20H2,1-5H3. The zero-order valence-electron chi connectivity index (χ0n) is 24.4. The van der Waals surface area contributed by atoms with Crippen LogP contribution in [0.1, 0.15) is 86.8 Å². The summed E-state index contributed by atoms with van der Waals surface area (Å²) in [6.07, 6.45) is 4.64. The highest BCUT2D eigenvalue weighted by atomic mass is 19.4. The van der Waals surface area contributed by atoms with E-state index in [1.165, 1.54) is 17.1 Å². The van der Waals surface area contributed by atoms with Gasteiger partial charge in [-0.15, -0.1) is 0 Å². The molecule has 0 unspecified atom stereocenters. The lowest BCUT2D eigenvalue weighted by Gasteiger charge is -2.17. The van der Waals surface area contributed by atoms with Gasteiger partial charge in [-0.1, -0.05) is 52.8 Å². The fourth-order valence-corrected chi connectivity index (χ4v) is 4.91. The van der Waals surface area contributed by atoms with Gasteiger partial charge in [-0.25, -0.2) is 4.98 Å². The molecule has 0 spiro atoms. The average molecular weight is 570 g/mol. The number of halogens is 3. The van der Waals surface area contributed by atoms with E-state index >= 15 is 0 Å². The predicted octanol–water partition coefficient (Wildman–Crippen LogP) is 7.20. The zero-order chi connectivity index (χ0) is 29.8. The molecule has 0 saturated carbocycles. The Hall–Kier alpha value is -3.53. The molecule has 0 radical (unpaired) electrons. The molecule has 10 heteroatoms. The predicted molar refractivity (Wildman–Crippen MR) is 152 cm³/mol. The van der Waals surface area contributed by atoms with Crippen molar-refractivity contribution in [3.05, 3.63) is 71.1 Å². The molecule has 41 heavy (non-hydrogen) atoms. The smallest absolute Gasteiger partial charge is 0.381 e. The van der Waals surface area contributed by atoms with Gasteiger partial charge in [0.1, 0.15) is 0 Å². The number of ether oxygens (including phenoxy) is 1. The summed E-state index contributed by atoms with van der Waals surface area (Å²) < 4.78 is 50.4. The minimum absolute atomic E-state index is 0.0253. The van der Waals surface area contributed by atoms with Gasteiger partial charge in [0.15, 0.2) is 17.1 Å². The highest BCUT2D eigenvalue weighted by Crippen LogP contribution is 2.37. The second kappa shape index (κ2) is 12.5.